The summed E-state index contributed by atoms with van der Waals surface area (Å²) in [5, 5.41) is 22.3. The number of H-pyrrole nitrogens is 5. The largest absolute Gasteiger partial charge is 0.472 e. The molecule has 72 heteroatoms. The Hall–Kier alpha value is -9.23. The van der Waals surface area contributed by atoms with E-state index in [0.717, 1.165) is 28.1 Å². The van der Waals surface area contributed by atoms with Gasteiger partial charge in [-0.1, -0.05) is 0 Å². The number of carbonyl (C=O) groups is 1. The molecular formula is C64H71F3N24O37P6S2. The number of aromatic amines is 5. The average molecular weight is 2080 g/mol. The Morgan fingerprint density at radius 3 is 1.30 bits per heavy atom. The van der Waals surface area contributed by atoms with Crippen molar-refractivity contribution in [3.05, 3.63) is 120 Å². The number of fused-ring (bicyclic) bond motifs is 15. The van der Waals surface area contributed by atoms with E-state index >= 15 is 13.2 Å². The molecule has 6 unspecified atom stereocenters. The minimum absolute atomic E-state index is 0.0212. The van der Waals surface area contributed by atoms with Crippen LogP contribution in [0.4, 0.5) is 36.8 Å². The number of phosphoric acid groups is 4. The molecule has 0 spiro atoms. The lowest BCUT2D eigenvalue weighted by atomic mass is 10.1. The molecule has 10 aliphatic heterocycles. The predicted octanol–water partition coefficient (Wildman–Crippen LogP) is -1.81. The van der Waals surface area contributed by atoms with Crippen LogP contribution in [0.3, 0.4) is 0 Å². The topological polar surface area (TPSA) is 823 Å². The molecule has 21 heterocycles. The van der Waals surface area contributed by atoms with Gasteiger partial charge in [0.05, 0.1) is 77.6 Å². The zero-order valence-corrected chi connectivity index (χ0v) is 75.1. The van der Waals surface area contributed by atoms with Gasteiger partial charge in [-0.15, -0.1) is 0 Å². The second-order valence-corrected chi connectivity index (χ2v) is 42.1. The van der Waals surface area contributed by atoms with Gasteiger partial charge < -0.3 is 109 Å². The number of aliphatic imine (C=N–C) groups is 1. The monoisotopic (exact) mass is 2070 g/mol. The lowest BCUT2D eigenvalue weighted by Crippen LogP contribution is -2.37. The smallest absolute Gasteiger partial charge is 0.387 e. The predicted molar refractivity (Wildman–Crippen MR) is 446 cm³/mol. The summed E-state index contributed by atoms with van der Waals surface area (Å²) in [6.45, 7) is -13.2. The Morgan fingerprint density at radius 2 is 0.787 bits per heavy atom. The van der Waals surface area contributed by atoms with Gasteiger partial charge in [-0.05, 0) is 23.6 Å². The Kier molecular flexibility index (Phi) is 25.6. The minimum Gasteiger partial charge on any atom is -0.387 e. The number of imidazole rings is 6. The van der Waals surface area contributed by atoms with Gasteiger partial charge in [-0.3, -0.25) is 116 Å². The van der Waals surface area contributed by atoms with Crippen molar-refractivity contribution in [1.29, 1.82) is 0 Å². The van der Waals surface area contributed by atoms with Gasteiger partial charge in [0, 0.05) is 44.3 Å². The maximum absolute atomic E-state index is 16.0. The van der Waals surface area contributed by atoms with E-state index in [9.17, 15) is 86.6 Å². The molecule has 0 saturated carbocycles. The first-order valence-corrected chi connectivity index (χ1v) is 50.7. The second kappa shape index (κ2) is 36.4. The standard InChI is InChI=1S/C22H26N8O14P2.C21H22F2N8O12P2.C21H23FN8O11P2S2/c1-38-15-10-5-40-45(34,35)43-14-9(41-20(13(14)32)29-6-25-11-8(31)2-3-24-17(11)29)4-39-46(36,37)44-16(15)21(42-10)30-7-26-12-18(30)27-22(23)28-19(12)33;22-10-8-3-38-44(34,35)42-14-9(41-19(11(14)23)30-5-26-12-7(32)1-2-25-16(12)30)4-39-45(36,37)43-15(10)20(40-8)31-6-27-13-17(31)28-21(24)29-18(13)33;22-10-14-9(39-19(10)29-5-25-11-7(31)1-2-24-16(11)29)4-37-43(35,45)41-15-13(32)8(3-36-42(34,44)40-14)38-20(15)30-6-26-12-17(30)27-21(23)28-18(12)33/h2-3,6-7,9-10,13-16,20-21,32H,4-5H2,1H3,(H,24,31)(H,34,35)(H,36,37)(H3,23,27,28,33);1-2,5-6,8-11,14-15,19-20H,3-4H2,(H,25,32)(H,34,35)(H,36,37)(H3,24,28,29,33);2,5-6,8-10,13-15,19-20,32H,1,3-4H2,(H,34,44)(H,35,45)(H3,23,27,28,33)/t9-,10-,13-,14-,15-,16-,20-,21-;8-,9-,10-,11-,14-,15-,19-,20-;8-,9-,10+,13-,14-,15-,19-,20-,42?,43?/m111/s1. The van der Waals surface area contributed by atoms with Crippen LogP contribution in [-0.4, -0.2) is 306 Å². The number of anilines is 3. The maximum Gasteiger partial charge on any atom is 0.472 e. The second-order valence-electron chi connectivity index (χ2n) is 30.9. The number of halogens is 3. The van der Waals surface area contributed by atoms with Crippen molar-refractivity contribution in [3.8, 4) is 0 Å². The highest BCUT2D eigenvalue weighted by molar-refractivity contribution is 8.07. The number of alkyl halides is 3. The van der Waals surface area contributed by atoms with E-state index in [-0.39, 0.29) is 97.4 Å². The maximum atomic E-state index is 16.0. The molecule has 11 aromatic heterocycles. The molecule has 10 aliphatic rings. The van der Waals surface area contributed by atoms with Crippen molar-refractivity contribution in [3.63, 3.8) is 0 Å². The van der Waals surface area contributed by atoms with Crippen molar-refractivity contribution in [2.75, 3.05) is 64.0 Å². The van der Waals surface area contributed by atoms with Crippen molar-refractivity contribution in [1.82, 2.24) is 97.2 Å². The highest BCUT2D eigenvalue weighted by atomic mass is 32.5. The number of hydrogen-bond donors (Lipinski definition) is 16. The first-order valence-electron chi connectivity index (χ1n) is 39.6. The normalized spacial score (nSPS) is 37.9. The van der Waals surface area contributed by atoms with Crippen molar-refractivity contribution < 1.29 is 163 Å². The van der Waals surface area contributed by atoms with Gasteiger partial charge in [0.1, 0.15) is 103 Å². The van der Waals surface area contributed by atoms with E-state index in [4.69, 9.17) is 128 Å². The van der Waals surface area contributed by atoms with E-state index in [1.165, 1.54) is 75.1 Å². The molecule has 11 aromatic rings. The average Bonchev–Trinajstić information content (AvgIpc) is 1.62. The number of hydrogen-bond acceptors (Lipinski definition) is 46. The molecule has 9 fully saturated rings. The number of Topliss-reactive ketones (excluding diaryl/α,β-unsaturated/α-hetero) is 1. The van der Waals surface area contributed by atoms with Crippen LogP contribution in [0, 0.1) is 0 Å². The number of pyridine rings is 2. The highest BCUT2D eigenvalue weighted by Crippen LogP contribution is 2.59. The van der Waals surface area contributed by atoms with E-state index < -0.39 is 259 Å². The summed E-state index contributed by atoms with van der Waals surface area (Å²) in [6.07, 6.45) is -28.0. The zero-order valence-electron chi connectivity index (χ0n) is 68.1. The van der Waals surface area contributed by atoms with Crippen LogP contribution >= 0.6 is 44.7 Å². The Morgan fingerprint density at radius 1 is 0.419 bits per heavy atom. The van der Waals surface area contributed by atoms with Gasteiger partial charge in [-0.2, -0.15) is 15.0 Å². The van der Waals surface area contributed by atoms with Crippen LogP contribution in [0.2, 0.25) is 0 Å². The minimum atomic E-state index is -5.24. The third-order valence-electron chi connectivity index (χ3n) is 22.4. The molecule has 0 aliphatic carbocycles. The molecule has 30 atom stereocenters. The molecular weight excluding hydrogens is 2000 g/mol. The number of rotatable bonds is 7. The van der Waals surface area contributed by atoms with Crippen molar-refractivity contribution in [2.24, 2.45) is 4.99 Å². The first kappa shape index (κ1) is 95.7. The Balaban J connectivity index is 0.000000131. The zero-order chi connectivity index (χ0) is 96.2. The number of nitrogen functional groups attached to an aromatic ring is 3. The summed E-state index contributed by atoms with van der Waals surface area (Å²) in [7, 11) is -19.3. The lowest BCUT2D eigenvalue weighted by molar-refractivity contribution is -0.0674. The molecule has 136 heavy (non-hydrogen) atoms. The fourth-order valence-corrected chi connectivity index (χ4v) is 23.0. The molecule has 6 bridgehead atoms. The van der Waals surface area contributed by atoms with Gasteiger partial charge in [0.2, 0.25) is 28.7 Å². The third-order valence-corrected chi connectivity index (χ3v) is 29.5. The molecule has 19 N–H and O–H groups in total. The number of phosphoric ester groups is 4. The number of aliphatic hydroxyl groups excluding tert-OH is 2. The van der Waals surface area contributed by atoms with Crippen LogP contribution < -0.4 is 44.7 Å². The quantitative estimate of drug-likeness (QED) is 0.0782. The van der Waals surface area contributed by atoms with Crippen LogP contribution in [-0.2, 0) is 129 Å². The summed E-state index contributed by atoms with van der Waals surface area (Å²) in [4.78, 5) is 191. The number of methoxy groups -OCH3 is 1. The van der Waals surface area contributed by atoms with Crippen LogP contribution in [0.15, 0.2) is 91.5 Å². The molecule has 732 valence electrons. The fourth-order valence-electron chi connectivity index (χ4n) is 16.4. The van der Waals surface area contributed by atoms with E-state index in [1.54, 1.807) is 0 Å². The number of aromatic nitrogens is 20. The molecule has 9 saturated heterocycles. The van der Waals surface area contributed by atoms with Crippen LogP contribution in [0.1, 0.15) is 54.3 Å². The SMILES string of the molecule is CO[C@H]1[C@H]2OP(=O)(O)OC[C@H]3O[C@@H](n4cnc5c(=O)cc[nH]c54)[C@H](O)[C@@H]3OP(=O)(O)OC[C@H]1O[C@H]2n1cnc2c(=O)[nH]c(N)nc21.Nc1nc2c(ncn2[C@@H]2O[C@@H]3COP(=O)(O)O[C@H]4[C@@H](F)[C@H](n5cnc6c(=O)cc[nH]c65)O[C@@H]4COP(=O)(O)O[C@@H]2[C@@H]3F)c(=O)[nH]1.Nc1nc2c(ncn2[C@@H]2O[C@@H]3COP(O)(=S)O[C@H]4[C@H](F)[C@H](n5cnc6c5N=CCC6=O)O[C@@H]4COP(O)(=S)O[C@@H]2[C@@H]3O)c(=O)[nH]1. The fraction of sp³-hybridized carbons (Fsp3) is 0.500. The molecule has 21 rings (SSSR count). The van der Waals surface area contributed by atoms with E-state index in [1.807, 2.05) is 0 Å². The summed E-state index contributed by atoms with van der Waals surface area (Å²) < 4.78 is 211. The summed E-state index contributed by atoms with van der Waals surface area (Å²) in [6, 6.07) is 2.43. The van der Waals surface area contributed by atoms with Crippen LogP contribution in [0.5, 0.6) is 0 Å². The molecule has 0 aromatic carbocycles. The van der Waals surface area contributed by atoms with Gasteiger partial charge in [0.15, 0.2) is 118 Å². The number of nitrogens with two attached hydrogens (primary N) is 3. The van der Waals surface area contributed by atoms with E-state index in [0.29, 0.717) is 0 Å². The number of carbonyl (C=O) groups excluding carboxylic acids is 1. The Labute approximate surface area is 759 Å². The number of ketones is 1. The molecule has 0 radical (unpaired) electrons. The van der Waals surface area contributed by atoms with Crippen molar-refractivity contribution in [2.45, 2.75) is 154 Å². The number of aliphatic hydroxyl groups is 2. The lowest BCUT2D eigenvalue weighted by Gasteiger charge is -2.27. The van der Waals surface area contributed by atoms with Gasteiger partial charge >= 0.3 is 44.7 Å². The number of nitrogens with zero attached hydrogens (tertiary/aromatic N) is 16. The molecule has 61 nitrogen and oxygen atoms in total. The number of ether oxygens (including phenoxy) is 7. The Bertz CT molecular complexity index is 7210. The summed E-state index contributed by atoms with van der Waals surface area (Å²) in [5.41, 5.74) is 13.4. The van der Waals surface area contributed by atoms with Gasteiger partial charge in [0.25, 0.3) is 16.7 Å². The summed E-state index contributed by atoms with van der Waals surface area (Å²) in [5.74, 6) is -1.08. The first-order chi connectivity index (χ1) is 64.5. The molecule has 0 amide bonds. The summed E-state index contributed by atoms with van der Waals surface area (Å²) >= 11 is 10.4. The third kappa shape index (κ3) is 18.3. The van der Waals surface area contributed by atoms with Gasteiger partial charge in [-0.25, -0.2) is 66.3 Å². The number of nitrogens with one attached hydrogen (secondary N) is 5. The van der Waals surface area contributed by atoms with Crippen molar-refractivity contribution >= 4 is 160 Å². The highest BCUT2D eigenvalue weighted by Gasteiger charge is 2.60. The van der Waals surface area contributed by atoms with Crippen LogP contribution in [0.25, 0.3) is 55.8 Å². The van der Waals surface area contributed by atoms with E-state index in [2.05, 4.69) is 74.8 Å².